The Kier molecular flexibility index (Phi) is 5.36. The lowest BCUT2D eigenvalue weighted by Crippen LogP contribution is -2.20. The number of anilines is 1. The second-order valence-electron chi connectivity index (χ2n) is 5.10. The van der Waals surface area contributed by atoms with E-state index in [0.29, 0.717) is 27.5 Å². The third kappa shape index (κ3) is 4.00. The van der Waals surface area contributed by atoms with E-state index in [4.69, 9.17) is 21.6 Å². The molecule has 0 saturated carbocycles. The van der Waals surface area contributed by atoms with Crippen LogP contribution in [0.5, 0.6) is 5.75 Å². The van der Waals surface area contributed by atoms with Crippen LogP contribution in [0.4, 0.5) is 5.69 Å². The third-order valence-corrected chi connectivity index (χ3v) is 4.49. The van der Waals surface area contributed by atoms with E-state index in [1.54, 1.807) is 42.6 Å². The van der Waals surface area contributed by atoms with Gasteiger partial charge in [-0.1, -0.05) is 17.7 Å². The van der Waals surface area contributed by atoms with Gasteiger partial charge in [0.1, 0.15) is 5.52 Å². The number of carbonyl (C=O) groups is 1. The summed E-state index contributed by atoms with van der Waals surface area (Å²) in [6.07, 6.45) is 1.65. The molecule has 3 aromatic rings. The molecule has 1 heterocycles. The lowest BCUT2D eigenvalue weighted by Gasteiger charge is -2.12. The van der Waals surface area contributed by atoms with E-state index in [2.05, 4.69) is 32.9 Å². The molecule has 5 nitrogen and oxygen atoms in total. The first kappa shape index (κ1) is 17.5. The largest absolute Gasteiger partial charge is 0.480 e. The van der Waals surface area contributed by atoms with Crippen LogP contribution in [-0.4, -0.2) is 17.5 Å². The van der Waals surface area contributed by atoms with Gasteiger partial charge in [0.25, 0.3) is 5.91 Å². The predicted octanol–water partition coefficient (Wildman–Crippen LogP) is 4.38. The minimum absolute atomic E-state index is 0.180. The third-order valence-electron chi connectivity index (χ3n) is 3.37. The number of pyridine rings is 1. The molecule has 0 aliphatic rings. The Morgan fingerprint density at radius 2 is 2.16 bits per heavy atom. The maximum absolute atomic E-state index is 12.1. The molecule has 124 valence electrons. The van der Waals surface area contributed by atoms with Crippen molar-refractivity contribution in [2.75, 3.05) is 11.9 Å². The highest BCUT2D eigenvalue weighted by atomic mass is 127. The number of carbonyl (C=O) groups excluding carboxylic acids is 1. The first-order valence-corrected chi connectivity index (χ1v) is 8.69. The summed E-state index contributed by atoms with van der Waals surface area (Å²) in [6, 6.07) is 14.1. The SMILES string of the molecule is N#Cc1cccc(NC(=O)COc2c(I)cc(Cl)c3cccnc23)c1. The molecule has 0 bridgehead atoms. The quantitative estimate of drug-likeness (QED) is 0.583. The number of hydrogen-bond donors (Lipinski definition) is 1. The van der Waals surface area contributed by atoms with Crippen molar-refractivity contribution in [2.24, 2.45) is 0 Å². The van der Waals surface area contributed by atoms with Crippen molar-refractivity contribution in [3.63, 3.8) is 0 Å². The molecule has 1 N–H and O–H groups in total. The number of ether oxygens (including phenoxy) is 1. The second kappa shape index (κ2) is 7.68. The zero-order chi connectivity index (χ0) is 17.8. The summed E-state index contributed by atoms with van der Waals surface area (Å²) in [5.74, 6) is 0.187. The highest BCUT2D eigenvalue weighted by Gasteiger charge is 2.13. The Labute approximate surface area is 162 Å². The van der Waals surface area contributed by atoms with Crippen LogP contribution in [0.2, 0.25) is 5.02 Å². The highest BCUT2D eigenvalue weighted by molar-refractivity contribution is 14.1. The van der Waals surface area contributed by atoms with Crippen molar-refractivity contribution in [1.29, 1.82) is 5.26 Å². The molecule has 1 aromatic heterocycles. The number of benzene rings is 2. The van der Waals surface area contributed by atoms with Crippen LogP contribution >= 0.6 is 34.2 Å². The number of aromatic nitrogens is 1. The van der Waals surface area contributed by atoms with E-state index in [-0.39, 0.29) is 12.5 Å². The Hall–Kier alpha value is -2.37. The number of hydrogen-bond acceptors (Lipinski definition) is 4. The Morgan fingerprint density at radius 1 is 1.32 bits per heavy atom. The average molecular weight is 464 g/mol. The van der Waals surface area contributed by atoms with Crippen molar-refractivity contribution in [3.8, 4) is 11.8 Å². The molecule has 0 radical (unpaired) electrons. The fraction of sp³-hybridized carbons (Fsp3) is 0.0556. The fourth-order valence-electron chi connectivity index (χ4n) is 2.29. The monoisotopic (exact) mass is 463 g/mol. The molecule has 0 aliphatic heterocycles. The molecule has 0 atom stereocenters. The Balaban J connectivity index is 1.76. The molecular formula is C18H11ClIN3O2. The highest BCUT2D eigenvalue weighted by Crippen LogP contribution is 2.34. The number of rotatable bonds is 4. The molecule has 7 heteroatoms. The van der Waals surface area contributed by atoms with Crippen LogP contribution in [0, 0.1) is 14.9 Å². The standard InChI is InChI=1S/C18H11ClIN3O2/c19-14-8-15(20)18(17-13(14)5-2-6-22-17)25-10-16(24)23-12-4-1-3-11(7-12)9-21/h1-8H,10H2,(H,23,24). The normalized spacial score (nSPS) is 10.3. The second-order valence-corrected chi connectivity index (χ2v) is 6.67. The number of halogens is 2. The van der Waals surface area contributed by atoms with Crippen molar-refractivity contribution >= 4 is 56.7 Å². The van der Waals surface area contributed by atoms with Crippen LogP contribution in [0.1, 0.15) is 5.56 Å². The fourth-order valence-corrected chi connectivity index (χ4v) is 3.45. The van der Waals surface area contributed by atoms with E-state index < -0.39 is 0 Å². The van der Waals surface area contributed by atoms with E-state index in [1.165, 1.54) is 0 Å². The van der Waals surface area contributed by atoms with Crippen molar-refractivity contribution in [3.05, 3.63) is 62.8 Å². The van der Waals surface area contributed by atoms with Gasteiger partial charge in [0.05, 0.1) is 20.2 Å². The molecule has 2 aromatic carbocycles. The van der Waals surface area contributed by atoms with Crippen molar-refractivity contribution < 1.29 is 9.53 Å². The molecule has 3 rings (SSSR count). The Morgan fingerprint density at radius 3 is 2.96 bits per heavy atom. The smallest absolute Gasteiger partial charge is 0.262 e. The van der Waals surface area contributed by atoms with E-state index in [0.717, 1.165) is 8.96 Å². The molecule has 1 amide bonds. The predicted molar refractivity (Wildman–Crippen MR) is 105 cm³/mol. The molecule has 0 unspecified atom stereocenters. The molecule has 0 spiro atoms. The first-order chi connectivity index (χ1) is 12.1. The van der Waals surface area contributed by atoms with Gasteiger partial charge < -0.3 is 10.1 Å². The van der Waals surface area contributed by atoms with E-state index >= 15 is 0 Å². The lowest BCUT2D eigenvalue weighted by atomic mass is 10.2. The summed E-state index contributed by atoms with van der Waals surface area (Å²) in [6.45, 7) is -0.180. The molecule has 0 saturated heterocycles. The van der Waals surface area contributed by atoms with Gasteiger partial charge in [0, 0.05) is 17.3 Å². The minimum Gasteiger partial charge on any atom is -0.480 e. The van der Waals surface area contributed by atoms with E-state index in [1.807, 2.05) is 12.1 Å². The summed E-state index contributed by atoms with van der Waals surface area (Å²) < 4.78 is 6.46. The van der Waals surface area contributed by atoms with Crippen LogP contribution < -0.4 is 10.1 Å². The van der Waals surface area contributed by atoms with Crippen molar-refractivity contribution in [2.45, 2.75) is 0 Å². The summed E-state index contributed by atoms with van der Waals surface area (Å²) >= 11 is 8.32. The van der Waals surface area contributed by atoms with Gasteiger partial charge in [-0.3, -0.25) is 9.78 Å². The first-order valence-electron chi connectivity index (χ1n) is 7.24. The van der Waals surface area contributed by atoms with Crippen LogP contribution in [-0.2, 0) is 4.79 Å². The Bertz CT molecular complexity index is 1000. The number of nitriles is 1. The van der Waals surface area contributed by atoms with E-state index in [9.17, 15) is 4.79 Å². The van der Waals surface area contributed by atoms with Gasteiger partial charge >= 0.3 is 0 Å². The number of nitrogens with zero attached hydrogens (tertiary/aromatic N) is 2. The topological polar surface area (TPSA) is 75.0 Å². The van der Waals surface area contributed by atoms with Crippen LogP contribution in [0.25, 0.3) is 10.9 Å². The van der Waals surface area contributed by atoms with Gasteiger partial charge in [-0.25, -0.2) is 0 Å². The summed E-state index contributed by atoms with van der Waals surface area (Å²) in [5, 5.41) is 12.9. The minimum atomic E-state index is -0.329. The lowest BCUT2D eigenvalue weighted by molar-refractivity contribution is -0.118. The molecular weight excluding hydrogens is 453 g/mol. The number of amides is 1. The van der Waals surface area contributed by atoms with Crippen LogP contribution in [0.15, 0.2) is 48.7 Å². The maximum Gasteiger partial charge on any atom is 0.262 e. The number of fused-ring (bicyclic) bond motifs is 1. The summed E-state index contributed by atoms with van der Waals surface area (Å²) in [4.78, 5) is 16.4. The van der Waals surface area contributed by atoms with Gasteiger partial charge in [-0.2, -0.15) is 5.26 Å². The van der Waals surface area contributed by atoms with Gasteiger partial charge in [-0.15, -0.1) is 0 Å². The molecule has 0 fully saturated rings. The summed E-state index contributed by atoms with van der Waals surface area (Å²) in [5.41, 5.74) is 1.63. The zero-order valence-electron chi connectivity index (χ0n) is 12.8. The zero-order valence-corrected chi connectivity index (χ0v) is 15.7. The van der Waals surface area contributed by atoms with Crippen LogP contribution in [0.3, 0.4) is 0 Å². The van der Waals surface area contributed by atoms with Gasteiger partial charge in [0.2, 0.25) is 0 Å². The van der Waals surface area contributed by atoms with Crippen molar-refractivity contribution in [1.82, 2.24) is 4.98 Å². The maximum atomic E-state index is 12.1. The average Bonchev–Trinajstić information content (AvgIpc) is 2.61. The van der Waals surface area contributed by atoms with Gasteiger partial charge in [-0.05, 0) is 59.0 Å². The van der Waals surface area contributed by atoms with Gasteiger partial charge in [0.15, 0.2) is 12.4 Å². The molecule has 25 heavy (non-hydrogen) atoms. The number of nitrogens with one attached hydrogen (secondary N) is 1. The molecule has 0 aliphatic carbocycles. The summed E-state index contributed by atoms with van der Waals surface area (Å²) in [7, 11) is 0.